The molecule has 0 atom stereocenters. The number of hydrogen-bond donors (Lipinski definition) is 1. The summed E-state index contributed by atoms with van der Waals surface area (Å²) in [4.78, 5) is 14.7. The second-order valence-electron chi connectivity index (χ2n) is 6.41. The zero-order chi connectivity index (χ0) is 16.0. The molecule has 1 aromatic carbocycles. The summed E-state index contributed by atoms with van der Waals surface area (Å²) in [5.41, 5.74) is 2.91. The number of benzene rings is 1. The predicted molar refractivity (Wildman–Crippen MR) is 86.5 cm³/mol. The Morgan fingerprint density at radius 1 is 1.30 bits per heavy atom. The molecule has 1 N–H and O–H groups in total. The summed E-state index contributed by atoms with van der Waals surface area (Å²) in [6.07, 6.45) is 2.01. The first-order valence-corrected chi connectivity index (χ1v) is 7.86. The molecule has 3 aliphatic heterocycles. The van der Waals surface area contributed by atoms with Gasteiger partial charge >= 0.3 is 0 Å². The lowest BCUT2D eigenvalue weighted by Gasteiger charge is -2.35. The molecule has 4 rings (SSSR count). The van der Waals surface area contributed by atoms with Crippen LogP contribution in [0.1, 0.15) is 19.4 Å². The van der Waals surface area contributed by atoms with Crippen molar-refractivity contribution in [3.8, 4) is 0 Å². The van der Waals surface area contributed by atoms with Crippen LogP contribution < -0.4 is 5.32 Å². The number of amides is 1. The summed E-state index contributed by atoms with van der Waals surface area (Å²) in [5, 5.41) is 2.88. The number of nitrogens with zero attached hydrogens (tertiary/aromatic N) is 1. The van der Waals surface area contributed by atoms with E-state index in [-0.39, 0.29) is 5.91 Å². The van der Waals surface area contributed by atoms with Gasteiger partial charge in [0.15, 0.2) is 0 Å². The van der Waals surface area contributed by atoms with Crippen molar-refractivity contribution in [2.75, 3.05) is 31.6 Å². The highest BCUT2D eigenvalue weighted by molar-refractivity contribution is 6.32. The third-order valence-electron chi connectivity index (χ3n) is 4.46. The first-order chi connectivity index (χ1) is 11.1. The van der Waals surface area contributed by atoms with Crippen LogP contribution in [-0.2, 0) is 14.3 Å². The summed E-state index contributed by atoms with van der Waals surface area (Å²) in [7, 11) is 0. The fraction of sp³-hybridized carbons (Fsp3) is 0.389. The monoisotopic (exact) mass is 311 g/mol. The highest BCUT2D eigenvalue weighted by Crippen LogP contribution is 2.41. The van der Waals surface area contributed by atoms with Gasteiger partial charge in [0.25, 0.3) is 5.91 Å². The zero-order valence-electron chi connectivity index (χ0n) is 13.3. The molecule has 0 aromatic heterocycles. The molecule has 0 bridgehead atoms. The Labute approximate surface area is 135 Å². The molecule has 0 spiro atoms. The van der Waals surface area contributed by atoms with Crippen molar-refractivity contribution in [1.82, 2.24) is 4.90 Å². The van der Waals surface area contributed by atoms with E-state index in [9.17, 15) is 4.79 Å². The average molecular weight is 311 g/mol. The minimum atomic E-state index is -0.455. The van der Waals surface area contributed by atoms with E-state index in [4.69, 9.17) is 9.47 Å². The minimum absolute atomic E-state index is 0.120. The summed E-state index contributed by atoms with van der Waals surface area (Å²) in [5.74, 6) is 0.517. The van der Waals surface area contributed by atoms with Crippen molar-refractivity contribution in [2.45, 2.75) is 19.4 Å². The van der Waals surface area contributed by atoms with Crippen LogP contribution in [0.15, 0.2) is 35.7 Å². The van der Waals surface area contributed by atoms with E-state index in [0.29, 0.717) is 11.3 Å². The van der Waals surface area contributed by atoms with E-state index in [1.54, 1.807) is 6.07 Å². The van der Waals surface area contributed by atoms with Gasteiger partial charge in [0.2, 0.25) is 0 Å². The van der Waals surface area contributed by atoms with Gasteiger partial charge in [-0.25, -0.2) is 0 Å². The van der Waals surface area contributed by atoms with Crippen LogP contribution in [0, 0.1) is 6.07 Å². The molecule has 1 radical (unpaired) electrons. The van der Waals surface area contributed by atoms with Gasteiger partial charge in [-0.2, -0.15) is 0 Å². The number of fused-ring (bicyclic) bond motifs is 1. The number of ether oxygens (including phenoxy) is 2. The number of morpholine rings is 1. The Morgan fingerprint density at radius 3 is 2.87 bits per heavy atom. The first-order valence-electron chi connectivity index (χ1n) is 7.86. The zero-order valence-corrected chi connectivity index (χ0v) is 13.3. The molecule has 3 aliphatic rings. The number of hydrogen-bond acceptors (Lipinski definition) is 4. The SMILES string of the molecule is CC1(C)OC(=C2C(=O)Nc3c[c]ccc32)C=C1N1CCOCC1. The molecule has 1 amide bonds. The number of anilines is 1. The van der Waals surface area contributed by atoms with Gasteiger partial charge < -0.3 is 19.7 Å². The molecule has 5 nitrogen and oxygen atoms in total. The maximum absolute atomic E-state index is 12.4. The fourth-order valence-electron chi connectivity index (χ4n) is 3.36. The topological polar surface area (TPSA) is 50.8 Å². The number of carbonyl (C=O) groups is 1. The van der Waals surface area contributed by atoms with Crippen LogP contribution in [0.5, 0.6) is 0 Å². The molecule has 1 fully saturated rings. The van der Waals surface area contributed by atoms with Crippen LogP contribution in [0.4, 0.5) is 5.69 Å². The fourth-order valence-corrected chi connectivity index (χ4v) is 3.36. The smallest absolute Gasteiger partial charge is 0.260 e. The van der Waals surface area contributed by atoms with Gasteiger partial charge in [-0.1, -0.05) is 12.1 Å². The van der Waals surface area contributed by atoms with Crippen molar-refractivity contribution in [3.63, 3.8) is 0 Å². The Morgan fingerprint density at radius 2 is 2.09 bits per heavy atom. The summed E-state index contributed by atoms with van der Waals surface area (Å²) in [6, 6.07) is 8.48. The molecule has 5 heteroatoms. The number of carbonyl (C=O) groups excluding carboxylic acids is 1. The van der Waals surface area contributed by atoms with Crippen molar-refractivity contribution in [3.05, 3.63) is 47.4 Å². The van der Waals surface area contributed by atoms with E-state index in [1.807, 2.05) is 32.1 Å². The molecular formula is C18H19N2O3. The second kappa shape index (κ2) is 5.13. The Hall–Kier alpha value is -2.27. The molecule has 119 valence electrons. The molecule has 0 saturated carbocycles. The molecule has 3 heterocycles. The second-order valence-corrected chi connectivity index (χ2v) is 6.41. The maximum atomic E-state index is 12.4. The molecule has 1 aromatic rings. The molecule has 23 heavy (non-hydrogen) atoms. The summed E-state index contributed by atoms with van der Waals surface area (Å²) in [6.45, 7) is 7.21. The van der Waals surface area contributed by atoms with Gasteiger partial charge in [-0.15, -0.1) is 0 Å². The lowest BCUT2D eigenvalue weighted by molar-refractivity contribution is -0.111. The molecule has 0 aliphatic carbocycles. The maximum Gasteiger partial charge on any atom is 0.260 e. The van der Waals surface area contributed by atoms with Crippen molar-refractivity contribution >= 4 is 17.2 Å². The number of nitrogens with one attached hydrogen (secondary N) is 1. The normalized spacial score (nSPS) is 25.7. The van der Waals surface area contributed by atoms with E-state index >= 15 is 0 Å². The van der Waals surface area contributed by atoms with Gasteiger partial charge in [0.05, 0.1) is 24.5 Å². The van der Waals surface area contributed by atoms with Gasteiger partial charge in [-0.3, -0.25) is 4.79 Å². The van der Waals surface area contributed by atoms with Crippen molar-refractivity contribution in [2.24, 2.45) is 0 Å². The van der Waals surface area contributed by atoms with E-state index in [1.165, 1.54) is 0 Å². The average Bonchev–Trinajstić information content (AvgIpc) is 3.03. The van der Waals surface area contributed by atoms with Gasteiger partial charge in [0.1, 0.15) is 11.4 Å². The standard InChI is InChI=1S/C18H19N2O3/c1-18(2)15(20-7-9-22-10-8-20)11-14(23-18)16-12-5-3-4-6-13(12)19-17(16)21/h3,5-6,11H,7-10H2,1-2H3,(H,19,21). The first kappa shape index (κ1) is 14.3. The molecular weight excluding hydrogens is 292 g/mol. The number of allylic oxidation sites excluding steroid dienone is 1. The third-order valence-corrected chi connectivity index (χ3v) is 4.46. The Balaban J connectivity index is 1.78. The summed E-state index contributed by atoms with van der Waals surface area (Å²) < 4.78 is 11.6. The van der Waals surface area contributed by atoms with Crippen LogP contribution >= 0.6 is 0 Å². The molecule has 0 unspecified atom stereocenters. The molecule has 1 saturated heterocycles. The minimum Gasteiger partial charge on any atom is -0.481 e. The highest BCUT2D eigenvalue weighted by atomic mass is 16.5. The Bertz CT molecular complexity index is 728. The van der Waals surface area contributed by atoms with E-state index in [0.717, 1.165) is 43.3 Å². The van der Waals surface area contributed by atoms with E-state index in [2.05, 4.69) is 16.3 Å². The quantitative estimate of drug-likeness (QED) is 0.808. The third kappa shape index (κ3) is 2.32. The largest absolute Gasteiger partial charge is 0.481 e. The highest BCUT2D eigenvalue weighted by Gasteiger charge is 2.39. The van der Waals surface area contributed by atoms with Crippen LogP contribution in [0.2, 0.25) is 0 Å². The van der Waals surface area contributed by atoms with Gasteiger partial charge in [0, 0.05) is 30.4 Å². The lowest BCUT2D eigenvalue weighted by Crippen LogP contribution is -2.41. The van der Waals surface area contributed by atoms with Crippen LogP contribution in [-0.4, -0.2) is 42.7 Å². The van der Waals surface area contributed by atoms with Crippen LogP contribution in [0.25, 0.3) is 5.57 Å². The Kier molecular flexibility index (Phi) is 3.20. The number of rotatable bonds is 1. The van der Waals surface area contributed by atoms with E-state index < -0.39 is 5.60 Å². The predicted octanol–water partition coefficient (Wildman–Crippen LogP) is 2.17. The van der Waals surface area contributed by atoms with Gasteiger partial charge in [-0.05, 0) is 26.0 Å². The lowest BCUT2D eigenvalue weighted by atomic mass is 10.0. The summed E-state index contributed by atoms with van der Waals surface area (Å²) >= 11 is 0. The van der Waals surface area contributed by atoms with Crippen molar-refractivity contribution in [1.29, 1.82) is 0 Å². The van der Waals surface area contributed by atoms with Crippen molar-refractivity contribution < 1.29 is 14.3 Å². The van der Waals surface area contributed by atoms with Crippen LogP contribution in [0.3, 0.4) is 0 Å².